The molecule has 22 heavy (non-hydrogen) atoms. The van der Waals surface area contributed by atoms with Crippen LogP contribution in [0.1, 0.15) is 46.9 Å². The van der Waals surface area contributed by atoms with Crippen LogP contribution in [-0.4, -0.2) is 28.1 Å². The molecular weight excluding hydrogens is 300 g/mol. The molecule has 1 N–H and O–H groups in total. The Kier molecular flexibility index (Phi) is 5.18. The molecule has 2 aromatic rings. The molecule has 0 saturated carbocycles. The summed E-state index contributed by atoms with van der Waals surface area (Å²) in [6.45, 7) is 8.27. The van der Waals surface area contributed by atoms with Gasteiger partial charge in [-0.2, -0.15) is 0 Å². The van der Waals surface area contributed by atoms with Gasteiger partial charge in [-0.25, -0.2) is 9.78 Å². The first kappa shape index (κ1) is 16.5. The molecule has 6 nitrogen and oxygen atoms in total. The van der Waals surface area contributed by atoms with E-state index in [4.69, 9.17) is 4.52 Å². The van der Waals surface area contributed by atoms with Gasteiger partial charge in [0.1, 0.15) is 11.5 Å². The fraction of sp³-hybridized carbons (Fsp3) is 0.533. The number of carbonyl (C=O) groups is 1. The van der Waals surface area contributed by atoms with Crippen LogP contribution >= 0.6 is 11.3 Å². The molecule has 0 saturated heterocycles. The van der Waals surface area contributed by atoms with Gasteiger partial charge in [-0.05, 0) is 27.2 Å². The maximum absolute atomic E-state index is 12.3. The number of hydrogen-bond donors (Lipinski definition) is 1. The smallest absolute Gasteiger partial charge is 0.317 e. The van der Waals surface area contributed by atoms with E-state index in [-0.39, 0.29) is 12.1 Å². The first-order valence-corrected chi connectivity index (χ1v) is 8.13. The number of nitrogens with one attached hydrogen (secondary N) is 1. The van der Waals surface area contributed by atoms with Gasteiger partial charge in [0.15, 0.2) is 0 Å². The first-order chi connectivity index (χ1) is 10.4. The van der Waals surface area contributed by atoms with Gasteiger partial charge in [0, 0.05) is 18.0 Å². The summed E-state index contributed by atoms with van der Waals surface area (Å²) in [5.41, 5.74) is 1.72. The lowest BCUT2D eigenvalue weighted by Crippen LogP contribution is -2.38. The number of hydrogen-bond acceptors (Lipinski definition) is 5. The highest BCUT2D eigenvalue weighted by molar-refractivity contribution is 7.11. The van der Waals surface area contributed by atoms with Crippen LogP contribution in [0.2, 0.25) is 0 Å². The number of urea groups is 1. The number of aryl methyl sites for hydroxylation is 3. The summed E-state index contributed by atoms with van der Waals surface area (Å²) in [6, 6.07) is 1.65. The molecule has 120 valence electrons. The predicted molar refractivity (Wildman–Crippen MR) is 85.9 cm³/mol. The van der Waals surface area contributed by atoms with Crippen molar-refractivity contribution in [2.24, 2.45) is 0 Å². The van der Waals surface area contributed by atoms with Crippen LogP contribution in [0, 0.1) is 13.8 Å². The van der Waals surface area contributed by atoms with Crippen molar-refractivity contribution in [2.75, 3.05) is 7.05 Å². The fourth-order valence-electron chi connectivity index (χ4n) is 2.15. The molecule has 2 amide bonds. The summed E-state index contributed by atoms with van der Waals surface area (Å²) in [6.07, 6.45) is 0.916. The zero-order chi connectivity index (χ0) is 16.3. The number of amides is 2. The molecule has 0 aliphatic heterocycles. The third kappa shape index (κ3) is 3.65. The van der Waals surface area contributed by atoms with Crippen molar-refractivity contribution < 1.29 is 9.32 Å². The quantitative estimate of drug-likeness (QED) is 0.917. The van der Waals surface area contributed by atoms with Gasteiger partial charge in [0.05, 0.1) is 23.3 Å². The van der Waals surface area contributed by atoms with E-state index < -0.39 is 0 Å². The molecule has 2 heterocycles. The minimum absolute atomic E-state index is 0.0168. The third-order valence-corrected chi connectivity index (χ3v) is 5.03. The van der Waals surface area contributed by atoms with Crippen molar-refractivity contribution in [3.63, 3.8) is 0 Å². The Hall–Kier alpha value is -1.89. The standard InChI is InChI=1S/C15H22N4O2S/c1-6-13-17-10(3)14(22-13)11(4)19(5)15(20)16-8-12-7-9(2)21-18-12/h7,11H,6,8H2,1-5H3,(H,16,20)/t11-/m1/s1. The zero-order valence-corrected chi connectivity index (χ0v) is 14.5. The van der Waals surface area contributed by atoms with Crippen molar-refractivity contribution in [3.8, 4) is 0 Å². The molecule has 0 bridgehead atoms. The van der Waals surface area contributed by atoms with Crippen LogP contribution in [0.5, 0.6) is 0 Å². The molecule has 0 aliphatic carbocycles. The number of thiazole rings is 1. The van der Waals surface area contributed by atoms with Crippen LogP contribution in [0.3, 0.4) is 0 Å². The highest BCUT2D eigenvalue weighted by atomic mass is 32.1. The van der Waals surface area contributed by atoms with E-state index >= 15 is 0 Å². The summed E-state index contributed by atoms with van der Waals surface area (Å²) in [5.74, 6) is 0.735. The second kappa shape index (κ2) is 6.91. The van der Waals surface area contributed by atoms with Crippen molar-refractivity contribution >= 4 is 17.4 Å². The molecule has 0 unspecified atom stereocenters. The van der Waals surface area contributed by atoms with E-state index in [1.54, 1.807) is 23.3 Å². The normalized spacial score (nSPS) is 12.2. The Morgan fingerprint density at radius 1 is 1.50 bits per heavy atom. The highest BCUT2D eigenvalue weighted by Crippen LogP contribution is 2.28. The molecule has 2 rings (SSSR count). The van der Waals surface area contributed by atoms with Gasteiger partial charge < -0.3 is 14.7 Å². The summed E-state index contributed by atoms with van der Waals surface area (Å²) in [4.78, 5) is 19.6. The number of aromatic nitrogens is 2. The van der Waals surface area contributed by atoms with Gasteiger partial charge in [0.2, 0.25) is 0 Å². The number of rotatable bonds is 5. The van der Waals surface area contributed by atoms with Gasteiger partial charge >= 0.3 is 6.03 Å². The molecule has 0 radical (unpaired) electrons. The number of carbonyl (C=O) groups excluding carboxylic acids is 1. The Bertz CT molecular complexity index is 650. The molecular formula is C15H22N4O2S. The average Bonchev–Trinajstić information content (AvgIpc) is 3.08. The van der Waals surface area contributed by atoms with Crippen molar-refractivity contribution in [1.29, 1.82) is 0 Å². The fourth-order valence-corrected chi connectivity index (χ4v) is 3.25. The maximum atomic E-state index is 12.3. The van der Waals surface area contributed by atoms with E-state index in [1.165, 1.54) is 0 Å². The zero-order valence-electron chi connectivity index (χ0n) is 13.6. The Morgan fingerprint density at radius 2 is 2.23 bits per heavy atom. The van der Waals surface area contributed by atoms with Crippen LogP contribution in [0.15, 0.2) is 10.6 Å². The van der Waals surface area contributed by atoms with E-state index in [1.807, 2.05) is 26.8 Å². The maximum Gasteiger partial charge on any atom is 0.317 e. The lowest BCUT2D eigenvalue weighted by molar-refractivity contribution is 0.194. The van der Waals surface area contributed by atoms with Crippen LogP contribution in [0.25, 0.3) is 0 Å². The van der Waals surface area contributed by atoms with E-state index in [0.29, 0.717) is 12.2 Å². The summed E-state index contributed by atoms with van der Waals surface area (Å²) in [5, 5.41) is 7.82. The summed E-state index contributed by atoms with van der Waals surface area (Å²) < 4.78 is 4.98. The van der Waals surface area contributed by atoms with Crippen molar-refractivity contribution in [2.45, 2.75) is 46.7 Å². The van der Waals surface area contributed by atoms with Gasteiger partial charge in [-0.15, -0.1) is 11.3 Å². The van der Waals surface area contributed by atoms with E-state index in [2.05, 4.69) is 22.4 Å². The molecule has 0 aliphatic rings. The second-order valence-corrected chi connectivity index (χ2v) is 6.40. The first-order valence-electron chi connectivity index (χ1n) is 7.31. The summed E-state index contributed by atoms with van der Waals surface area (Å²) in [7, 11) is 1.79. The Morgan fingerprint density at radius 3 is 2.77 bits per heavy atom. The average molecular weight is 322 g/mol. The molecule has 0 spiro atoms. The van der Waals surface area contributed by atoms with Crippen molar-refractivity contribution in [1.82, 2.24) is 20.4 Å². The minimum atomic E-state index is -0.140. The minimum Gasteiger partial charge on any atom is -0.361 e. The molecule has 1 atom stereocenters. The van der Waals surface area contributed by atoms with Crippen LogP contribution < -0.4 is 5.32 Å². The predicted octanol–water partition coefficient (Wildman–Crippen LogP) is 3.21. The Balaban J connectivity index is 1.98. The largest absolute Gasteiger partial charge is 0.361 e. The molecule has 0 fully saturated rings. The van der Waals surface area contributed by atoms with E-state index in [9.17, 15) is 4.79 Å². The molecule has 2 aromatic heterocycles. The van der Waals surface area contributed by atoms with Crippen LogP contribution in [-0.2, 0) is 13.0 Å². The third-order valence-electron chi connectivity index (χ3n) is 3.56. The summed E-state index contributed by atoms with van der Waals surface area (Å²) >= 11 is 1.67. The van der Waals surface area contributed by atoms with Crippen molar-refractivity contribution in [3.05, 3.63) is 33.1 Å². The topological polar surface area (TPSA) is 71.3 Å². The lowest BCUT2D eigenvalue weighted by atomic mass is 10.2. The van der Waals surface area contributed by atoms with Crippen LogP contribution in [0.4, 0.5) is 4.79 Å². The van der Waals surface area contributed by atoms with E-state index in [0.717, 1.165) is 27.8 Å². The van der Waals surface area contributed by atoms with Gasteiger partial charge in [0.25, 0.3) is 0 Å². The molecule has 0 aromatic carbocycles. The van der Waals surface area contributed by atoms with Gasteiger partial charge in [-0.3, -0.25) is 0 Å². The molecule has 7 heteroatoms. The van der Waals surface area contributed by atoms with Gasteiger partial charge in [-0.1, -0.05) is 12.1 Å². The second-order valence-electron chi connectivity index (χ2n) is 5.29. The monoisotopic (exact) mass is 322 g/mol. The number of nitrogens with zero attached hydrogens (tertiary/aromatic N) is 3. The highest BCUT2D eigenvalue weighted by Gasteiger charge is 2.21. The lowest BCUT2D eigenvalue weighted by Gasteiger charge is -2.24. The SMILES string of the molecule is CCc1nc(C)c([C@@H](C)N(C)C(=O)NCc2cc(C)on2)s1. The Labute approximate surface area is 134 Å².